The molecule has 0 bridgehead atoms. The Bertz CT molecular complexity index is 1120. The molecule has 0 radical (unpaired) electrons. The summed E-state index contributed by atoms with van der Waals surface area (Å²) in [4.78, 5) is 37.9. The molecule has 0 fully saturated rings. The van der Waals surface area contributed by atoms with E-state index < -0.39 is 6.10 Å². The van der Waals surface area contributed by atoms with Crippen LogP contribution in [0.5, 0.6) is 0 Å². The molecule has 0 aliphatic rings. The first-order valence-corrected chi connectivity index (χ1v) is 25.8. The smallest absolute Gasteiger partial charge is 0.306 e. The highest BCUT2D eigenvalue weighted by molar-refractivity contribution is 5.71. The first-order valence-electron chi connectivity index (χ1n) is 25.8. The van der Waals surface area contributed by atoms with Crippen molar-refractivity contribution in [2.75, 3.05) is 13.2 Å². The molecule has 6 nitrogen and oxygen atoms in total. The largest absolute Gasteiger partial charge is 0.462 e. The number of hydrogen-bond donors (Lipinski definition) is 0. The second-order valence-corrected chi connectivity index (χ2v) is 17.1. The second-order valence-electron chi connectivity index (χ2n) is 17.1. The summed E-state index contributed by atoms with van der Waals surface area (Å²) < 4.78 is 16.8. The minimum absolute atomic E-state index is 0.0871. The fraction of sp³-hybridized carbons (Fsp3) is 0.764. The fourth-order valence-electron chi connectivity index (χ4n) is 7.13. The molecule has 352 valence electrons. The Morgan fingerprint density at radius 2 is 0.639 bits per heavy atom. The average molecular weight is 853 g/mol. The Labute approximate surface area is 377 Å². The van der Waals surface area contributed by atoms with Crippen LogP contribution < -0.4 is 0 Å². The summed E-state index contributed by atoms with van der Waals surface area (Å²) in [6.45, 7) is 6.48. The number of esters is 3. The topological polar surface area (TPSA) is 78.9 Å². The Morgan fingerprint density at radius 1 is 0.344 bits per heavy atom. The van der Waals surface area contributed by atoms with Crippen LogP contribution >= 0.6 is 0 Å². The van der Waals surface area contributed by atoms with Gasteiger partial charge in [-0.2, -0.15) is 0 Å². The SMILES string of the molecule is CC/C=C\C/C=C\C/C=C\C/C=C\CCCCC(=O)OC[C@H](COC(=O)CCCCCCCCCCCCCCC)OC(=O)CCCCCCCCC/C=C\CCCCCC. The van der Waals surface area contributed by atoms with Gasteiger partial charge in [-0.1, -0.05) is 210 Å². The van der Waals surface area contributed by atoms with Crippen molar-refractivity contribution in [2.45, 2.75) is 258 Å². The van der Waals surface area contributed by atoms with Gasteiger partial charge in [0.1, 0.15) is 13.2 Å². The first-order chi connectivity index (χ1) is 30.0. The monoisotopic (exact) mass is 853 g/mol. The van der Waals surface area contributed by atoms with Crippen LogP contribution in [0.15, 0.2) is 60.8 Å². The van der Waals surface area contributed by atoms with Crippen molar-refractivity contribution < 1.29 is 28.6 Å². The minimum atomic E-state index is -0.790. The van der Waals surface area contributed by atoms with Crippen LogP contribution in [0.2, 0.25) is 0 Å². The van der Waals surface area contributed by atoms with Gasteiger partial charge in [-0.05, 0) is 83.5 Å². The maximum atomic E-state index is 12.8. The number of hydrogen-bond acceptors (Lipinski definition) is 6. The summed E-state index contributed by atoms with van der Waals surface area (Å²) in [5.41, 5.74) is 0. The number of unbranched alkanes of at least 4 members (excludes halogenated alkanes) is 25. The molecule has 0 unspecified atom stereocenters. The molecule has 0 aliphatic heterocycles. The van der Waals surface area contributed by atoms with Crippen LogP contribution in [0.1, 0.15) is 252 Å². The minimum Gasteiger partial charge on any atom is -0.462 e. The van der Waals surface area contributed by atoms with Crippen LogP contribution in [-0.2, 0) is 28.6 Å². The van der Waals surface area contributed by atoms with Crippen molar-refractivity contribution in [3.63, 3.8) is 0 Å². The summed E-state index contributed by atoms with van der Waals surface area (Å²) >= 11 is 0. The van der Waals surface area contributed by atoms with E-state index in [2.05, 4.69) is 81.5 Å². The van der Waals surface area contributed by atoms with Gasteiger partial charge in [0.2, 0.25) is 0 Å². The average Bonchev–Trinajstić information content (AvgIpc) is 3.26. The van der Waals surface area contributed by atoms with E-state index in [-0.39, 0.29) is 31.1 Å². The zero-order valence-corrected chi connectivity index (χ0v) is 40.2. The second kappa shape index (κ2) is 49.8. The van der Waals surface area contributed by atoms with Crippen LogP contribution in [-0.4, -0.2) is 37.2 Å². The fourth-order valence-corrected chi connectivity index (χ4v) is 7.13. The van der Waals surface area contributed by atoms with Crippen LogP contribution in [0.25, 0.3) is 0 Å². The summed E-state index contributed by atoms with van der Waals surface area (Å²) in [5.74, 6) is -0.930. The molecule has 61 heavy (non-hydrogen) atoms. The van der Waals surface area contributed by atoms with Crippen molar-refractivity contribution in [3.8, 4) is 0 Å². The molecule has 0 aromatic rings. The molecule has 0 aromatic carbocycles. The summed E-state index contributed by atoms with van der Waals surface area (Å²) in [5, 5.41) is 0. The van der Waals surface area contributed by atoms with Gasteiger partial charge in [0.15, 0.2) is 6.10 Å². The quantitative estimate of drug-likeness (QED) is 0.0263. The molecule has 0 heterocycles. The van der Waals surface area contributed by atoms with E-state index in [4.69, 9.17) is 14.2 Å². The predicted octanol–water partition coefficient (Wildman–Crippen LogP) is 16.9. The lowest BCUT2D eigenvalue weighted by Crippen LogP contribution is -2.30. The van der Waals surface area contributed by atoms with Crippen molar-refractivity contribution in [1.82, 2.24) is 0 Å². The van der Waals surface area contributed by atoms with Gasteiger partial charge in [0.05, 0.1) is 0 Å². The highest BCUT2D eigenvalue weighted by atomic mass is 16.6. The molecule has 1 atom stereocenters. The number of carbonyl (C=O) groups is 3. The van der Waals surface area contributed by atoms with E-state index in [9.17, 15) is 14.4 Å². The zero-order valence-electron chi connectivity index (χ0n) is 40.2. The first kappa shape index (κ1) is 58.1. The molecule has 0 N–H and O–H groups in total. The van der Waals surface area contributed by atoms with Crippen LogP contribution in [0.3, 0.4) is 0 Å². The lowest BCUT2D eigenvalue weighted by atomic mass is 10.0. The third-order valence-electron chi connectivity index (χ3n) is 11.0. The Balaban J connectivity index is 4.44. The molecular formula is C55H96O6. The van der Waals surface area contributed by atoms with Gasteiger partial charge < -0.3 is 14.2 Å². The van der Waals surface area contributed by atoms with Gasteiger partial charge in [0.25, 0.3) is 0 Å². The Kier molecular flexibility index (Phi) is 47.4. The lowest BCUT2D eigenvalue weighted by Gasteiger charge is -2.18. The van der Waals surface area contributed by atoms with Gasteiger partial charge in [-0.3, -0.25) is 14.4 Å². The molecule has 6 heteroatoms. The maximum absolute atomic E-state index is 12.8. The third kappa shape index (κ3) is 48.0. The summed E-state index contributed by atoms with van der Waals surface area (Å²) in [6, 6.07) is 0. The number of ether oxygens (including phenoxy) is 3. The maximum Gasteiger partial charge on any atom is 0.306 e. The van der Waals surface area contributed by atoms with Gasteiger partial charge >= 0.3 is 17.9 Å². The molecule has 0 aliphatic carbocycles. The number of rotatable bonds is 46. The summed E-state index contributed by atoms with van der Waals surface area (Å²) in [6.07, 6.45) is 60.6. The van der Waals surface area contributed by atoms with E-state index in [1.54, 1.807) is 0 Å². The molecule has 0 aromatic heterocycles. The zero-order chi connectivity index (χ0) is 44.4. The highest BCUT2D eigenvalue weighted by Gasteiger charge is 2.19. The van der Waals surface area contributed by atoms with E-state index in [1.165, 1.54) is 128 Å². The number of carbonyl (C=O) groups excluding carboxylic acids is 3. The van der Waals surface area contributed by atoms with Gasteiger partial charge in [-0.25, -0.2) is 0 Å². The van der Waals surface area contributed by atoms with E-state index in [0.29, 0.717) is 19.3 Å². The van der Waals surface area contributed by atoms with Crippen LogP contribution in [0, 0.1) is 0 Å². The Hall–Kier alpha value is -2.89. The van der Waals surface area contributed by atoms with E-state index in [1.807, 2.05) is 0 Å². The number of allylic oxidation sites excluding steroid dienone is 10. The molecule has 0 spiro atoms. The Morgan fingerprint density at radius 3 is 1.07 bits per heavy atom. The van der Waals surface area contributed by atoms with Crippen molar-refractivity contribution in [3.05, 3.63) is 60.8 Å². The molecular weight excluding hydrogens is 757 g/mol. The molecule has 0 amide bonds. The van der Waals surface area contributed by atoms with Crippen molar-refractivity contribution >= 4 is 17.9 Å². The van der Waals surface area contributed by atoms with E-state index in [0.717, 1.165) is 83.5 Å². The standard InChI is InChI=1S/C55H96O6/c1-4-7-10-13-16-19-22-25-27-30-33-36-39-42-45-48-54(57)60-51-52(50-59-53(56)47-44-41-38-35-32-29-24-21-18-15-12-9-6-3)61-55(58)49-46-43-40-37-34-31-28-26-23-20-17-14-11-8-5-2/h7,10,16,19-20,23,25,27,33,36,52H,4-6,8-9,11-15,17-18,21-22,24,26,28-32,34-35,37-51H2,1-3H3/b10-7-,19-16-,23-20-,27-25-,36-33-/t52-/m0/s1. The predicted molar refractivity (Wildman–Crippen MR) is 261 cm³/mol. The molecule has 0 rings (SSSR count). The van der Waals surface area contributed by atoms with Gasteiger partial charge in [0, 0.05) is 19.3 Å². The third-order valence-corrected chi connectivity index (χ3v) is 11.0. The normalized spacial score (nSPS) is 12.5. The van der Waals surface area contributed by atoms with Crippen LogP contribution in [0.4, 0.5) is 0 Å². The lowest BCUT2D eigenvalue weighted by molar-refractivity contribution is -0.167. The molecule has 0 saturated heterocycles. The van der Waals surface area contributed by atoms with Crippen molar-refractivity contribution in [2.24, 2.45) is 0 Å². The van der Waals surface area contributed by atoms with E-state index >= 15 is 0 Å². The molecule has 0 saturated carbocycles. The van der Waals surface area contributed by atoms with Gasteiger partial charge in [-0.15, -0.1) is 0 Å². The van der Waals surface area contributed by atoms with Crippen molar-refractivity contribution in [1.29, 1.82) is 0 Å². The summed E-state index contributed by atoms with van der Waals surface area (Å²) in [7, 11) is 0. The highest BCUT2D eigenvalue weighted by Crippen LogP contribution is 2.15.